The standard InChI is InChI=1S/C27H30N4O7S/c1-31(16-23(32)28-15-20(26(34)35)19-13-18(37-2)9-10-21(19)38-3)25(33)22-11-12-24(39-22)30-27(36)29-14-17-7-5-4-6-8-17/h4-13,20H,14-16H2,1-3H3,(H,28,32)(H,34,35)(H2,29,30,36). The second-order valence-electron chi connectivity index (χ2n) is 8.42. The number of nitrogens with one attached hydrogen (secondary N) is 3. The van der Waals surface area contributed by atoms with Gasteiger partial charge in [0.15, 0.2) is 0 Å². The highest BCUT2D eigenvalue weighted by molar-refractivity contribution is 7.18. The van der Waals surface area contributed by atoms with Crippen molar-refractivity contribution in [3.8, 4) is 11.5 Å². The van der Waals surface area contributed by atoms with Crippen LogP contribution in [0.2, 0.25) is 0 Å². The molecule has 1 atom stereocenters. The Kier molecular flexibility index (Phi) is 10.3. The molecular weight excluding hydrogens is 524 g/mol. The molecule has 0 aliphatic heterocycles. The van der Waals surface area contributed by atoms with Gasteiger partial charge in [-0.25, -0.2) is 4.79 Å². The van der Waals surface area contributed by atoms with Gasteiger partial charge in [0.2, 0.25) is 5.91 Å². The van der Waals surface area contributed by atoms with Crippen molar-refractivity contribution in [2.45, 2.75) is 12.5 Å². The number of likely N-dealkylation sites (N-methyl/N-ethyl adjacent to an activating group) is 1. The van der Waals surface area contributed by atoms with Crippen LogP contribution in [0, 0.1) is 0 Å². The van der Waals surface area contributed by atoms with E-state index in [2.05, 4.69) is 16.0 Å². The van der Waals surface area contributed by atoms with Gasteiger partial charge in [0.05, 0.1) is 30.6 Å². The summed E-state index contributed by atoms with van der Waals surface area (Å²) in [6, 6.07) is 17.0. The van der Waals surface area contributed by atoms with Crippen LogP contribution in [-0.4, -0.2) is 68.2 Å². The van der Waals surface area contributed by atoms with Gasteiger partial charge < -0.3 is 30.1 Å². The van der Waals surface area contributed by atoms with Gasteiger partial charge in [0, 0.05) is 25.7 Å². The number of rotatable bonds is 12. The van der Waals surface area contributed by atoms with Crippen LogP contribution in [0.15, 0.2) is 60.7 Å². The van der Waals surface area contributed by atoms with Crippen LogP contribution in [0.4, 0.5) is 9.80 Å². The Hall–Kier alpha value is -4.58. The molecule has 3 aromatic rings. The Morgan fingerprint density at radius 2 is 1.72 bits per heavy atom. The van der Waals surface area contributed by atoms with Crippen molar-refractivity contribution in [1.82, 2.24) is 15.5 Å². The van der Waals surface area contributed by atoms with Crippen LogP contribution in [0.25, 0.3) is 0 Å². The molecule has 3 rings (SSSR count). The molecule has 12 heteroatoms. The molecule has 206 valence electrons. The molecule has 0 bridgehead atoms. The van der Waals surface area contributed by atoms with Crippen molar-refractivity contribution < 1.29 is 33.8 Å². The number of carbonyl (C=O) groups is 4. The number of amides is 4. The lowest BCUT2D eigenvalue weighted by molar-refractivity contribution is -0.138. The molecular formula is C27H30N4O7S. The molecule has 0 saturated carbocycles. The molecule has 0 radical (unpaired) electrons. The predicted octanol–water partition coefficient (Wildman–Crippen LogP) is 3.14. The van der Waals surface area contributed by atoms with Crippen molar-refractivity contribution in [3.63, 3.8) is 0 Å². The largest absolute Gasteiger partial charge is 0.497 e. The highest BCUT2D eigenvalue weighted by atomic mass is 32.1. The van der Waals surface area contributed by atoms with E-state index < -0.39 is 29.7 Å². The minimum absolute atomic E-state index is 0.217. The number of carboxylic acids is 1. The smallest absolute Gasteiger partial charge is 0.320 e. The van der Waals surface area contributed by atoms with Crippen LogP contribution in [0.1, 0.15) is 26.7 Å². The number of hydrogen-bond acceptors (Lipinski definition) is 7. The zero-order chi connectivity index (χ0) is 28.4. The van der Waals surface area contributed by atoms with Gasteiger partial charge in [-0.05, 0) is 35.9 Å². The Balaban J connectivity index is 1.53. The molecule has 0 saturated heterocycles. The summed E-state index contributed by atoms with van der Waals surface area (Å²) in [6.45, 7) is -0.154. The summed E-state index contributed by atoms with van der Waals surface area (Å²) in [5.74, 6) is -2.41. The van der Waals surface area contributed by atoms with Crippen molar-refractivity contribution in [2.75, 3.05) is 39.7 Å². The van der Waals surface area contributed by atoms with E-state index in [1.54, 1.807) is 30.3 Å². The van der Waals surface area contributed by atoms with E-state index in [0.717, 1.165) is 16.9 Å². The van der Waals surface area contributed by atoms with Crippen molar-refractivity contribution in [2.24, 2.45) is 0 Å². The number of carbonyl (C=O) groups excluding carboxylic acids is 3. The number of thiophene rings is 1. The van der Waals surface area contributed by atoms with Gasteiger partial charge >= 0.3 is 12.0 Å². The predicted molar refractivity (Wildman–Crippen MR) is 147 cm³/mol. The summed E-state index contributed by atoms with van der Waals surface area (Å²) in [6.07, 6.45) is 0. The van der Waals surface area contributed by atoms with Crippen molar-refractivity contribution >= 4 is 40.2 Å². The fraction of sp³-hybridized carbons (Fsp3) is 0.259. The first-order valence-electron chi connectivity index (χ1n) is 11.9. The molecule has 11 nitrogen and oxygen atoms in total. The minimum Gasteiger partial charge on any atom is -0.497 e. The Bertz CT molecular complexity index is 1310. The molecule has 1 unspecified atom stereocenters. The SMILES string of the molecule is COc1ccc(OC)c(C(CNC(=O)CN(C)C(=O)c2ccc(NC(=O)NCc3ccccc3)s2)C(=O)O)c1. The third kappa shape index (κ3) is 8.20. The van der Waals surface area contributed by atoms with E-state index in [1.165, 1.54) is 26.2 Å². The summed E-state index contributed by atoms with van der Waals surface area (Å²) in [5.41, 5.74) is 1.30. The summed E-state index contributed by atoms with van der Waals surface area (Å²) >= 11 is 1.08. The number of carboxylic acid groups (broad SMARTS) is 1. The number of anilines is 1. The third-order valence-corrected chi connectivity index (χ3v) is 6.68. The van der Waals surface area contributed by atoms with E-state index in [1.807, 2.05) is 30.3 Å². The van der Waals surface area contributed by atoms with Crippen LogP contribution >= 0.6 is 11.3 Å². The number of benzene rings is 2. The Morgan fingerprint density at radius 3 is 2.38 bits per heavy atom. The second kappa shape index (κ2) is 13.8. The van der Waals surface area contributed by atoms with Crippen LogP contribution in [-0.2, 0) is 16.1 Å². The molecule has 0 fully saturated rings. The van der Waals surface area contributed by atoms with Crippen molar-refractivity contribution in [3.05, 3.63) is 76.7 Å². The first-order chi connectivity index (χ1) is 18.7. The molecule has 1 heterocycles. The van der Waals surface area contributed by atoms with Gasteiger partial charge in [-0.3, -0.25) is 19.7 Å². The zero-order valence-corrected chi connectivity index (χ0v) is 22.5. The highest BCUT2D eigenvalue weighted by Crippen LogP contribution is 2.30. The van der Waals surface area contributed by atoms with Gasteiger partial charge in [-0.2, -0.15) is 0 Å². The average Bonchev–Trinajstić information content (AvgIpc) is 3.40. The van der Waals surface area contributed by atoms with Crippen LogP contribution in [0.3, 0.4) is 0 Å². The summed E-state index contributed by atoms with van der Waals surface area (Å²) in [4.78, 5) is 51.0. The monoisotopic (exact) mass is 554 g/mol. The van der Waals surface area contributed by atoms with Crippen molar-refractivity contribution in [1.29, 1.82) is 0 Å². The maximum atomic E-state index is 12.8. The van der Waals surface area contributed by atoms with Crippen LogP contribution in [0.5, 0.6) is 11.5 Å². The van der Waals surface area contributed by atoms with E-state index in [0.29, 0.717) is 33.5 Å². The molecule has 0 aliphatic rings. The van der Waals surface area contributed by atoms with Gasteiger partial charge in [-0.15, -0.1) is 11.3 Å². The number of urea groups is 1. The Labute approximate surface area is 229 Å². The fourth-order valence-corrected chi connectivity index (χ4v) is 4.54. The van der Waals surface area contributed by atoms with Gasteiger partial charge in [-0.1, -0.05) is 30.3 Å². The molecule has 0 spiro atoms. The summed E-state index contributed by atoms with van der Waals surface area (Å²) in [5, 5.41) is 18.2. The fourth-order valence-electron chi connectivity index (χ4n) is 3.64. The number of ether oxygens (including phenoxy) is 2. The van der Waals surface area contributed by atoms with Gasteiger partial charge in [0.1, 0.15) is 17.4 Å². The number of nitrogens with zero attached hydrogens (tertiary/aromatic N) is 1. The van der Waals surface area contributed by atoms with Crippen LogP contribution < -0.4 is 25.4 Å². The Morgan fingerprint density at radius 1 is 0.974 bits per heavy atom. The molecule has 0 aliphatic carbocycles. The van der Waals surface area contributed by atoms with E-state index in [4.69, 9.17) is 9.47 Å². The quantitative estimate of drug-likeness (QED) is 0.269. The molecule has 2 aromatic carbocycles. The van der Waals surface area contributed by atoms with Gasteiger partial charge in [0.25, 0.3) is 5.91 Å². The topological polar surface area (TPSA) is 146 Å². The average molecular weight is 555 g/mol. The molecule has 4 amide bonds. The second-order valence-corrected chi connectivity index (χ2v) is 9.50. The summed E-state index contributed by atoms with van der Waals surface area (Å²) in [7, 11) is 4.34. The molecule has 1 aromatic heterocycles. The maximum absolute atomic E-state index is 12.8. The first-order valence-corrected chi connectivity index (χ1v) is 12.7. The number of methoxy groups -OCH3 is 2. The normalized spacial score (nSPS) is 11.2. The highest BCUT2D eigenvalue weighted by Gasteiger charge is 2.26. The first kappa shape index (κ1) is 29.0. The lowest BCUT2D eigenvalue weighted by atomic mass is 9.97. The molecule has 4 N–H and O–H groups in total. The zero-order valence-electron chi connectivity index (χ0n) is 21.7. The third-order valence-electron chi connectivity index (χ3n) is 5.69. The maximum Gasteiger partial charge on any atom is 0.320 e. The summed E-state index contributed by atoms with van der Waals surface area (Å²) < 4.78 is 10.5. The molecule has 39 heavy (non-hydrogen) atoms. The lowest BCUT2D eigenvalue weighted by Gasteiger charge is -2.19. The van der Waals surface area contributed by atoms with E-state index in [-0.39, 0.29) is 13.1 Å². The minimum atomic E-state index is -1.15. The number of aliphatic carboxylic acids is 1. The number of hydrogen-bond donors (Lipinski definition) is 4. The lowest BCUT2D eigenvalue weighted by Crippen LogP contribution is -2.40. The van der Waals surface area contributed by atoms with E-state index in [9.17, 15) is 24.3 Å². The van der Waals surface area contributed by atoms with E-state index >= 15 is 0 Å².